The number of rotatable bonds is 3. The Morgan fingerprint density at radius 1 is 1.10 bits per heavy atom. The maximum atomic E-state index is 5.93. The van der Waals surface area contributed by atoms with Gasteiger partial charge in [-0.1, -0.05) is 35.9 Å². The highest BCUT2D eigenvalue weighted by molar-refractivity contribution is 6.29. The average Bonchev–Trinajstić information content (AvgIpc) is 2.81. The quantitative estimate of drug-likeness (QED) is 0.695. The van der Waals surface area contributed by atoms with Crippen LogP contribution >= 0.6 is 11.6 Å². The minimum atomic E-state index is 0.452. The molecule has 4 nitrogen and oxygen atoms in total. The minimum absolute atomic E-state index is 0.452. The highest BCUT2D eigenvalue weighted by Gasteiger charge is 2.10. The first-order valence-corrected chi connectivity index (χ1v) is 6.94. The lowest BCUT2D eigenvalue weighted by Crippen LogP contribution is -2.03. The molecule has 3 rings (SSSR count). The van der Waals surface area contributed by atoms with Gasteiger partial charge in [-0.25, -0.2) is 4.98 Å². The fourth-order valence-corrected chi connectivity index (χ4v) is 2.64. The molecule has 0 bridgehead atoms. The SMILES string of the molecule is Cc1ccccc1CCc1nnc2cc(Cl)nc(C)n12. The first-order chi connectivity index (χ1) is 9.65. The summed E-state index contributed by atoms with van der Waals surface area (Å²) in [5.41, 5.74) is 3.39. The van der Waals surface area contributed by atoms with E-state index in [0.717, 1.165) is 30.1 Å². The molecule has 0 atom stereocenters. The second kappa shape index (κ2) is 5.21. The Bertz CT molecular complexity index is 764. The Labute approximate surface area is 122 Å². The van der Waals surface area contributed by atoms with Gasteiger partial charge in [0.15, 0.2) is 5.65 Å². The molecule has 0 aliphatic carbocycles. The van der Waals surface area contributed by atoms with Crippen molar-refractivity contribution < 1.29 is 0 Å². The third-order valence-corrected chi connectivity index (χ3v) is 3.67. The summed E-state index contributed by atoms with van der Waals surface area (Å²) in [6, 6.07) is 10.1. The monoisotopic (exact) mass is 286 g/mol. The molecular formula is C15H15ClN4. The van der Waals surface area contributed by atoms with Crippen molar-refractivity contribution in [2.45, 2.75) is 26.7 Å². The number of aryl methyl sites for hydroxylation is 4. The molecule has 0 saturated carbocycles. The first kappa shape index (κ1) is 13.1. The lowest BCUT2D eigenvalue weighted by Gasteiger charge is -2.06. The van der Waals surface area contributed by atoms with Gasteiger partial charge >= 0.3 is 0 Å². The minimum Gasteiger partial charge on any atom is -0.267 e. The molecule has 3 aromatic rings. The van der Waals surface area contributed by atoms with Crippen LogP contribution in [0.4, 0.5) is 0 Å². The van der Waals surface area contributed by atoms with Crippen LogP contribution < -0.4 is 0 Å². The van der Waals surface area contributed by atoms with Gasteiger partial charge in [0, 0.05) is 12.5 Å². The van der Waals surface area contributed by atoms with Crippen LogP contribution in [0.3, 0.4) is 0 Å². The van der Waals surface area contributed by atoms with E-state index in [1.807, 2.05) is 11.3 Å². The van der Waals surface area contributed by atoms with Gasteiger partial charge in [-0.05, 0) is 31.4 Å². The van der Waals surface area contributed by atoms with Crippen LogP contribution in [0.1, 0.15) is 22.8 Å². The molecule has 0 saturated heterocycles. The molecule has 0 spiro atoms. The summed E-state index contributed by atoms with van der Waals surface area (Å²) in [6.45, 7) is 4.04. The third kappa shape index (κ3) is 2.39. The van der Waals surface area contributed by atoms with Crippen LogP contribution in [0.25, 0.3) is 5.65 Å². The predicted octanol–water partition coefficient (Wildman–Crippen LogP) is 3.18. The molecule has 0 aliphatic rings. The summed E-state index contributed by atoms with van der Waals surface area (Å²) >= 11 is 5.93. The largest absolute Gasteiger partial charge is 0.267 e. The molecule has 0 radical (unpaired) electrons. The number of nitrogens with zero attached hydrogens (tertiary/aromatic N) is 4. The van der Waals surface area contributed by atoms with E-state index in [-0.39, 0.29) is 0 Å². The molecule has 0 fully saturated rings. The van der Waals surface area contributed by atoms with Crippen molar-refractivity contribution in [3.05, 3.63) is 58.3 Å². The maximum Gasteiger partial charge on any atom is 0.165 e. The predicted molar refractivity (Wildman–Crippen MR) is 79.1 cm³/mol. The second-order valence-corrected chi connectivity index (χ2v) is 5.25. The van der Waals surface area contributed by atoms with E-state index in [9.17, 15) is 0 Å². The van der Waals surface area contributed by atoms with Crippen LogP contribution in [0, 0.1) is 13.8 Å². The molecule has 5 heteroatoms. The third-order valence-electron chi connectivity index (χ3n) is 3.47. The Kier molecular flexibility index (Phi) is 3.40. The van der Waals surface area contributed by atoms with Crippen LogP contribution in [0.2, 0.25) is 5.15 Å². The summed E-state index contributed by atoms with van der Waals surface area (Å²) in [5, 5.41) is 8.87. The summed E-state index contributed by atoms with van der Waals surface area (Å²) < 4.78 is 1.96. The maximum absolute atomic E-state index is 5.93. The number of aromatic nitrogens is 4. The van der Waals surface area contributed by atoms with Crippen molar-refractivity contribution in [1.82, 2.24) is 19.6 Å². The van der Waals surface area contributed by atoms with E-state index in [1.165, 1.54) is 11.1 Å². The van der Waals surface area contributed by atoms with E-state index in [1.54, 1.807) is 6.07 Å². The summed E-state index contributed by atoms with van der Waals surface area (Å²) in [6.07, 6.45) is 1.77. The van der Waals surface area contributed by atoms with Gasteiger partial charge in [0.25, 0.3) is 0 Å². The van der Waals surface area contributed by atoms with Crippen LogP contribution in [0.5, 0.6) is 0 Å². The fraction of sp³-hybridized carbons (Fsp3) is 0.267. The van der Waals surface area contributed by atoms with Crippen molar-refractivity contribution >= 4 is 17.2 Å². The topological polar surface area (TPSA) is 43.1 Å². The van der Waals surface area contributed by atoms with Crippen molar-refractivity contribution in [2.24, 2.45) is 0 Å². The molecule has 0 N–H and O–H groups in total. The van der Waals surface area contributed by atoms with E-state index >= 15 is 0 Å². The number of hydrogen-bond acceptors (Lipinski definition) is 3. The van der Waals surface area contributed by atoms with Gasteiger partial charge in [-0.15, -0.1) is 10.2 Å². The molecular weight excluding hydrogens is 272 g/mol. The molecule has 102 valence electrons. The summed E-state index contributed by atoms with van der Waals surface area (Å²) in [7, 11) is 0. The van der Waals surface area contributed by atoms with Gasteiger partial charge in [0.05, 0.1) is 0 Å². The number of hydrogen-bond donors (Lipinski definition) is 0. The average molecular weight is 287 g/mol. The Morgan fingerprint density at radius 3 is 2.70 bits per heavy atom. The summed E-state index contributed by atoms with van der Waals surface area (Å²) in [5.74, 6) is 1.74. The standard InChI is InChI=1S/C15H15ClN4/c1-10-5-3-4-6-12(10)7-8-14-18-19-15-9-13(16)17-11(2)20(14)15/h3-6,9H,7-8H2,1-2H3. The van der Waals surface area contributed by atoms with Crippen molar-refractivity contribution in [3.63, 3.8) is 0 Å². The number of halogens is 1. The van der Waals surface area contributed by atoms with Gasteiger partial charge in [0.2, 0.25) is 0 Å². The van der Waals surface area contributed by atoms with Gasteiger partial charge in [0.1, 0.15) is 16.8 Å². The zero-order chi connectivity index (χ0) is 14.1. The molecule has 1 aromatic carbocycles. The van der Waals surface area contributed by atoms with Crippen LogP contribution in [0.15, 0.2) is 30.3 Å². The van der Waals surface area contributed by atoms with E-state index < -0.39 is 0 Å². The molecule has 2 aromatic heterocycles. The Morgan fingerprint density at radius 2 is 1.90 bits per heavy atom. The summed E-state index contributed by atoms with van der Waals surface area (Å²) in [4.78, 5) is 4.26. The van der Waals surface area contributed by atoms with E-state index in [2.05, 4.69) is 46.4 Å². The highest BCUT2D eigenvalue weighted by Crippen LogP contribution is 2.15. The highest BCUT2D eigenvalue weighted by atomic mass is 35.5. The van der Waals surface area contributed by atoms with Gasteiger partial charge in [-0.3, -0.25) is 4.40 Å². The molecule has 20 heavy (non-hydrogen) atoms. The Hall–Kier alpha value is -1.94. The smallest absolute Gasteiger partial charge is 0.165 e. The van der Waals surface area contributed by atoms with Gasteiger partial charge < -0.3 is 0 Å². The normalized spacial score (nSPS) is 11.2. The molecule has 2 heterocycles. The first-order valence-electron chi connectivity index (χ1n) is 6.57. The van der Waals surface area contributed by atoms with E-state index in [4.69, 9.17) is 11.6 Å². The van der Waals surface area contributed by atoms with Crippen molar-refractivity contribution in [3.8, 4) is 0 Å². The molecule has 0 unspecified atom stereocenters. The Balaban J connectivity index is 1.90. The van der Waals surface area contributed by atoms with Crippen molar-refractivity contribution in [1.29, 1.82) is 0 Å². The zero-order valence-electron chi connectivity index (χ0n) is 11.5. The van der Waals surface area contributed by atoms with Crippen LogP contribution in [-0.2, 0) is 12.8 Å². The van der Waals surface area contributed by atoms with Gasteiger partial charge in [-0.2, -0.15) is 0 Å². The number of benzene rings is 1. The molecule has 0 amide bonds. The van der Waals surface area contributed by atoms with Crippen LogP contribution in [-0.4, -0.2) is 19.6 Å². The number of fused-ring (bicyclic) bond motifs is 1. The fourth-order valence-electron chi connectivity index (χ4n) is 2.42. The van der Waals surface area contributed by atoms with Crippen molar-refractivity contribution in [2.75, 3.05) is 0 Å². The van der Waals surface area contributed by atoms with E-state index in [0.29, 0.717) is 5.15 Å². The lowest BCUT2D eigenvalue weighted by molar-refractivity contribution is 0.812. The lowest BCUT2D eigenvalue weighted by atomic mass is 10.0. The molecule has 0 aliphatic heterocycles. The zero-order valence-corrected chi connectivity index (χ0v) is 12.2. The second-order valence-electron chi connectivity index (χ2n) is 4.86.